The first-order valence-electron chi connectivity index (χ1n) is 5.50. The fraction of sp³-hybridized carbons (Fsp3) is 0.636. The van der Waals surface area contributed by atoms with E-state index >= 15 is 0 Å². The summed E-state index contributed by atoms with van der Waals surface area (Å²) in [5, 5.41) is 2.05. The Labute approximate surface area is 94.1 Å². The van der Waals surface area contributed by atoms with Gasteiger partial charge in [-0.25, -0.2) is 4.98 Å². The summed E-state index contributed by atoms with van der Waals surface area (Å²) >= 11 is 1.60. The van der Waals surface area contributed by atoms with Crippen molar-refractivity contribution in [1.82, 2.24) is 9.88 Å². The van der Waals surface area contributed by atoms with Crippen molar-refractivity contribution in [2.45, 2.75) is 38.6 Å². The second kappa shape index (κ2) is 4.75. The van der Waals surface area contributed by atoms with Gasteiger partial charge in [0, 0.05) is 18.3 Å². The Morgan fingerprint density at radius 2 is 2.47 bits per heavy atom. The van der Waals surface area contributed by atoms with E-state index in [1.165, 1.54) is 0 Å². The van der Waals surface area contributed by atoms with Crippen LogP contribution >= 0.6 is 11.3 Å². The summed E-state index contributed by atoms with van der Waals surface area (Å²) in [7, 11) is 0. The highest BCUT2D eigenvalue weighted by atomic mass is 32.1. The summed E-state index contributed by atoms with van der Waals surface area (Å²) in [6.45, 7) is 3.01. The van der Waals surface area contributed by atoms with E-state index in [1.54, 1.807) is 11.3 Å². The number of hydrogen-bond acceptors (Lipinski definition) is 3. The Kier molecular flexibility index (Phi) is 3.36. The van der Waals surface area contributed by atoms with Crippen molar-refractivity contribution in [3.8, 4) is 0 Å². The summed E-state index contributed by atoms with van der Waals surface area (Å²) in [4.78, 5) is 18.1. The van der Waals surface area contributed by atoms with Gasteiger partial charge in [0.05, 0.1) is 17.2 Å². The van der Waals surface area contributed by atoms with Gasteiger partial charge in [0.15, 0.2) is 0 Å². The lowest BCUT2D eigenvalue weighted by Crippen LogP contribution is -2.38. The van der Waals surface area contributed by atoms with Gasteiger partial charge in [-0.1, -0.05) is 6.92 Å². The molecule has 1 aromatic rings. The third kappa shape index (κ3) is 2.20. The average molecular weight is 224 g/mol. The van der Waals surface area contributed by atoms with Gasteiger partial charge in [-0.3, -0.25) is 4.79 Å². The summed E-state index contributed by atoms with van der Waals surface area (Å²) in [6, 6.07) is 0.198. The van der Waals surface area contributed by atoms with Crippen LogP contribution in [-0.4, -0.2) is 22.3 Å². The van der Waals surface area contributed by atoms with E-state index < -0.39 is 0 Å². The topological polar surface area (TPSA) is 33.2 Å². The molecular weight excluding hydrogens is 208 g/mol. The molecule has 3 nitrogen and oxygen atoms in total. The molecule has 1 aromatic heterocycles. The van der Waals surface area contributed by atoms with E-state index in [-0.39, 0.29) is 6.04 Å². The molecule has 0 saturated carbocycles. The standard InChI is InChI=1S/C11H16N2OS/c1-2-10(9-7-15-8-12-9)13-6-4-3-5-11(13)14/h7-8,10H,2-6H2,1H3. The quantitative estimate of drug-likeness (QED) is 0.790. The molecule has 0 spiro atoms. The van der Waals surface area contributed by atoms with Crippen molar-refractivity contribution in [2.75, 3.05) is 6.54 Å². The van der Waals surface area contributed by atoms with Gasteiger partial charge in [0.1, 0.15) is 0 Å². The van der Waals surface area contributed by atoms with Crippen molar-refractivity contribution in [3.05, 3.63) is 16.6 Å². The van der Waals surface area contributed by atoms with Crippen LogP contribution in [0.25, 0.3) is 0 Å². The van der Waals surface area contributed by atoms with Crippen LogP contribution in [-0.2, 0) is 4.79 Å². The number of hydrogen-bond donors (Lipinski definition) is 0. The number of amides is 1. The van der Waals surface area contributed by atoms with Gasteiger partial charge in [0.2, 0.25) is 5.91 Å². The maximum Gasteiger partial charge on any atom is 0.223 e. The molecule has 0 radical (unpaired) electrons. The van der Waals surface area contributed by atoms with Crippen molar-refractivity contribution < 1.29 is 4.79 Å². The first-order valence-corrected chi connectivity index (χ1v) is 6.44. The molecule has 1 aliphatic rings. The molecule has 1 atom stereocenters. The van der Waals surface area contributed by atoms with Crippen LogP contribution in [0.1, 0.15) is 44.3 Å². The molecule has 1 aliphatic heterocycles. The second-order valence-electron chi connectivity index (χ2n) is 3.88. The van der Waals surface area contributed by atoms with E-state index in [1.807, 2.05) is 10.4 Å². The van der Waals surface area contributed by atoms with Gasteiger partial charge in [-0.2, -0.15) is 0 Å². The second-order valence-corrected chi connectivity index (χ2v) is 4.60. The highest BCUT2D eigenvalue weighted by Crippen LogP contribution is 2.27. The molecule has 1 unspecified atom stereocenters. The van der Waals surface area contributed by atoms with Crippen LogP contribution in [0.3, 0.4) is 0 Å². The molecule has 4 heteroatoms. The highest BCUT2D eigenvalue weighted by Gasteiger charge is 2.26. The summed E-state index contributed by atoms with van der Waals surface area (Å²) in [6.07, 6.45) is 3.84. The lowest BCUT2D eigenvalue weighted by atomic mass is 10.0. The van der Waals surface area contributed by atoms with E-state index in [2.05, 4.69) is 17.3 Å². The SMILES string of the molecule is CCC(c1cscn1)N1CCCCC1=O. The molecule has 0 bridgehead atoms. The summed E-state index contributed by atoms with van der Waals surface area (Å²) in [5.41, 5.74) is 2.89. The van der Waals surface area contributed by atoms with E-state index in [0.29, 0.717) is 12.3 Å². The number of nitrogens with zero attached hydrogens (tertiary/aromatic N) is 2. The predicted molar refractivity (Wildman–Crippen MR) is 60.7 cm³/mol. The molecule has 1 fully saturated rings. The molecule has 1 amide bonds. The van der Waals surface area contributed by atoms with E-state index in [4.69, 9.17) is 0 Å². The minimum Gasteiger partial charge on any atom is -0.334 e. The van der Waals surface area contributed by atoms with E-state index in [9.17, 15) is 4.79 Å². The monoisotopic (exact) mass is 224 g/mol. The van der Waals surface area contributed by atoms with Crippen molar-refractivity contribution in [3.63, 3.8) is 0 Å². The lowest BCUT2D eigenvalue weighted by molar-refractivity contribution is -0.136. The average Bonchev–Trinajstić information content (AvgIpc) is 2.75. The van der Waals surface area contributed by atoms with Gasteiger partial charge < -0.3 is 4.90 Å². The van der Waals surface area contributed by atoms with Gasteiger partial charge in [0.25, 0.3) is 0 Å². The fourth-order valence-corrected chi connectivity index (χ4v) is 2.73. The normalized spacial score (nSPS) is 19.3. The molecule has 15 heavy (non-hydrogen) atoms. The molecule has 2 heterocycles. The van der Waals surface area contributed by atoms with Gasteiger partial charge in [-0.05, 0) is 19.3 Å². The number of carbonyl (C=O) groups excluding carboxylic acids is 1. The maximum absolute atomic E-state index is 11.8. The Morgan fingerprint density at radius 1 is 1.60 bits per heavy atom. The third-order valence-corrected chi connectivity index (χ3v) is 3.52. The molecule has 0 N–H and O–H groups in total. The predicted octanol–water partition coefficient (Wildman–Crippen LogP) is 2.61. The summed E-state index contributed by atoms with van der Waals surface area (Å²) < 4.78 is 0. The zero-order valence-electron chi connectivity index (χ0n) is 8.98. The van der Waals surface area contributed by atoms with Crippen molar-refractivity contribution >= 4 is 17.2 Å². The first kappa shape index (κ1) is 10.6. The Bertz CT molecular complexity index is 323. The number of aromatic nitrogens is 1. The maximum atomic E-state index is 11.8. The van der Waals surface area contributed by atoms with Crippen molar-refractivity contribution in [2.24, 2.45) is 0 Å². The minimum atomic E-state index is 0.198. The first-order chi connectivity index (χ1) is 7.33. The highest BCUT2D eigenvalue weighted by molar-refractivity contribution is 7.07. The van der Waals surface area contributed by atoms with Gasteiger partial charge >= 0.3 is 0 Å². The number of carbonyl (C=O) groups is 1. The molecule has 1 saturated heterocycles. The smallest absolute Gasteiger partial charge is 0.223 e. The van der Waals surface area contributed by atoms with Crippen LogP contribution in [0.2, 0.25) is 0 Å². The zero-order chi connectivity index (χ0) is 10.7. The van der Waals surface area contributed by atoms with Crippen LogP contribution in [0, 0.1) is 0 Å². The molecule has 82 valence electrons. The summed E-state index contributed by atoms with van der Waals surface area (Å²) in [5.74, 6) is 0.293. The molecule has 0 aromatic carbocycles. The van der Waals surface area contributed by atoms with Crippen LogP contribution < -0.4 is 0 Å². The largest absolute Gasteiger partial charge is 0.334 e. The Balaban J connectivity index is 2.15. The Morgan fingerprint density at radius 3 is 3.07 bits per heavy atom. The number of piperidine rings is 1. The molecular formula is C11H16N2OS. The van der Waals surface area contributed by atoms with Crippen LogP contribution in [0.15, 0.2) is 10.9 Å². The van der Waals surface area contributed by atoms with Crippen LogP contribution in [0.4, 0.5) is 0 Å². The fourth-order valence-electron chi connectivity index (χ4n) is 2.13. The molecule has 0 aliphatic carbocycles. The van der Waals surface area contributed by atoms with Crippen molar-refractivity contribution in [1.29, 1.82) is 0 Å². The Hall–Kier alpha value is -0.900. The van der Waals surface area contributed by atoms with Crippen LogP contribution in [0.5, 0.6) is 0 Å². The van der Waals surface area contributed by atoms with Gasteiger partial charge in [-0.15, -0.1) is 11.3 Å². The number of rotatable bonds is 3. The number of likely N-dealkylation sites (tertiary alicyclic amines) is 1. The molecule has 2 rings (SSSR count). The van der Waals surface area contributed by atoms with E-state index in [0.717, 1.165) is 31.5 Å². The minimum absolute atomic E-state index is 0.198. The zero-order valence-corrected chi connectivity index (χ0v) is 9.80. The number of thiazole rings is 1. The lowest BCUT2D eigenvalue weighted by Gasteiger charge is -2.33. The third-order valence-electron chi connectivity index (χ3n) is 2.92.